The van der Waals surface area contributed by atoms with Crippen LogP contribution >= 0.6 is 0 Å². The van der Waals surface area contributed by atoms with Crippen molar-refractivity contribution in [3.05, 3.63) is 98.1 Å². The lowest BCUT2D eigenvalue weighted by Crippen LogP contribution is -2.44. The number of methoxy groups -OCH3 is 1. The largest absolute Gasteiger partial charge is 0.467 e. The van der Waals surface area contributed by atoms with E-state index in [9.17, 15) is 47.1 Å². The summed E-state index contributed by atoms with van der Waals surface area (Å²) in [6, 6.07) is 9.43. The molecule has 3 aromatic heterocycles. The zero-order valence-corrected chi connectivity index (χ0v) is 52.6. The zero-order valence-electron chi connectivity index (χ0n) is 51.8. The Kier molecular flexibility index (Phi) is 22.5. The number of ether oxygens (including phenoxy) is 11. The number of hydrogen-bond donors (Lipinski definition) is 3. The summed E-state index contributed by atoms with van der Waals surface area (Å²) in [5.74, 6) is 3.91. The quantitative estimate of drug-likeness (QED) is 0.0207. The van der Waals surface area contributed by atoms with Gasteiger partial charge < -0.3 is 77.3 Å². The van der Waals surface area contributed by atoms with Crippen LogP contribution in [-0.2, 0) is 98.7 Å². The smallest absolute Gasteiger partial charge is 0.410 e. The van der Waals surface area contributed by atoms with Crippen molar-refractivity contribution in [3.63, 3.8) is 0 Å². The third-order valence-corrected chi connectivity index (χ3v) is 16.3. The summed E-state index contributed by atoms with van der Waals surface area (Å²) in [4.78, 5) is 106. The Bertz CT molecular complexity index is 3830. The van der Waals surface area contributed by atoms with Crippen molar-refractivity contribution in [2.75, 3.05) is 79.4 Å². The molecule has 5 aromatic rings. The molecule has 0 bridgehead atoms. The minimum atomic E-state index is -3.50. The SMILES string of the molecule is CC[C@@]1(O)C(=O)OCc2c1cc1n(c2=O)Cc2c-1nc1cc3c(cc1c2CCN(C(=O)OCc1ccc(O[C@H]2C[C@@H](OC(C)=O)C[C@@H](C(=O)OC)O2)c(C(=O)NCCOCCOCCOCCNC(=O)CCCC#Cc2cnc(S(C)(=O)=O)nc2)c1)C(C)C)OCO3. The lowest BCUT2D eigenvalue weighted by molar-refractivity contribution is -0.204. The molecular weight excluding hydrogens is 1220 g/mol. The molecule has 4 aliphatic heterocycles. The molecule has 3 N–H and O–H groups in total. The Labute approximate surface area is 529 Å². The molecule has 0 aliphatic carbocycles. The standard InChI is InChI=1S/C63H73N7O21S/c1-7-63(78)47-29-49-56-45(33-70(49)58(74)46(47)35-85-60(63)76)42(43-28-51-52(88-36-87-51)30-48(43)68-56)15-18-69(37(2)3)62(77)86-34-39-13-14-50(90-55-27-41(89-38(4)71)26-53(91-55)59(75)81-5)44(25-39)57(73)65-17-20-83-22-24-84-23-21-82-19-16-64-54(72)12-10-8-9-11-40-31-66-61(67-32-40)92(6,79)80/h13-14,25,28-32,37,41,53,55,78H,7-8,10,12,15-24,26-27,33-36H2,1-6H3,(H,64,72)(H,65,73)/t41-,53-,55+,63-/m0/s1. The van der Waals surface area contributed by atoms with E-state index in [-0.39, 0.29) is 151 Å². The highest BCUT2D eigenvalue weighted by molar-refractivity contribution is 7.90. The molecule has 28 nitrogen and oxygen atoms in total. The number of cyclic esters (lactones) is 1. The maximum atomic E-state index is 14.2. The van der Waals surface area contributed by atoms with E-state index in [1.165, 1.54) is 38.6 Å². The summed E-state index contributed by atoms with van der Waals surface area (Å²) in [5, 5.41) is 17.5. The number of aliphatic hydroxyl groups is 1. The van der Waals surface area contributed by atoms with Gasteiger partial charge in [0.25, 0.3) is 11.5 Å². The summed E-state index contributed by atoms with van der Waals surface area (Å²) < 4.78 is 86.7. The normalized spacial score (nSPS) is 17.7. The number of unbranched alkanes of at least 4 members (excludes halogenated alkanes) is 1. The van der Waals surface area contributed by atoms with Crippen LogP contribution in [0.1, 0.15) is 110 Å². The molecule has 29 heteroatoms. The van der Waals surface area contributed by atoms with Gasteiger partial charge in [0, 0.05) is 99.5 Å². The molecular formula is C63H73N7O21S. The average Bonchev–Trinajstić information content (AvgIpc) is 1.52. The maximum Gasteiger partial charge on any atom is 0.410 e. The maximum absolute atomic E-state index is 14.2. The van der Waals surface area contributed by atoms with Gasteiger partial charge in [-0.05, 0) is 68.5 Å². The third kappa shape index (κ3) is 16.5. The van der Waals surface area contributed by atoms with Crippen LogP contribution in [0.3, 0.4) is 0 Å². The highest BCUT2D eigenvalue weighted by Crippen LogP contribution is 2.44. The summed E-state index contributed by atoms with van der Waals surface area (Å²) >= 11 is 0. The molecule has 7 heterocycles. The van der Waals surface area contributed by atoms with E-state index in [4.69, 9.17) is 57.1 Å². The van der Waals surface area contributed by atoms with Gasteiger partial charge in [-0.25, -0.2) is 37.8 Å². The van der Waals surface area contributed by atoms with Crippen LogP contribution < -0.4 is 30.4 Å². The Morgan fingerprint density at radius 2 is 1.62 bits per heavy atom. The van der Waals surface area contributed by atoms with Crippen LogP contribution in [0.2, 0.25) is 0 Å². The number of fused-ring (bicyclic) bond motifs is 6. The fourth-order valence-electron chi connectivity index (χ4n) is 10.8. The second-order valence-electron chi connectivity index (χ2n) is 22.2. The Morgan fingerprint density at radius 1 is 0.913 bits per heavy atom. The lowest BCUT2D eigenvalue weighted by Gasteiger charge is -2.33. The number of aromatic nitrogens is 4. The summed E-state index contributed by atoms with van der Waals surface area (Å²) in [6.07, 6.45) is 1.43. The van der Waals surface area contributed by atoms with Gasteiger partial charge in [-0.3, -0.25) is 19.2 Å². The molecule has 4 atom stereocenters. The fourth-order valence-corrected chi connectivity index (χ4v) is 11.3. The molecule has 9 rings (SSSR count). The Balaban J connectivity index is 0.785. The first-order chi connectivity index (χ1) is 44.1. The number of esters is 3. The van der Waals surface area contributed by atoms with Crippen molar-refractivity contribution in [3.8, 4) is 40.5 Å². The van der Waals surface area contributed by atoms with Crippen molar-refractivity contribution in [1.29, 1.82) is 0 Å². The number of rotatable bonds is 28. The highest BCUT2D eigenvalue weighted by Gasteiger charge is 2.46. The van der Waals surface area contributed by atoms with E-state index in [0.29, 0.717) is 69.9 Å². The number of nitrogens with one attached hydrogen (secondary N) is 2. The van der Waals surface area contributed by atoms with E-state index < -0.39 is 69.4 Å². The second-order valence-corrected chi connectivity index (χ2v) is 24.1. The van der Waals surface area contributed by atoms with Crippen LogP contribution in [0, 0.1) is 11.8 Å². The number of pyridine rings is 2. The summed E-state index contributed by atoms with van der Waals surface area (Å²) in [7, 11) is -2.31. The van der Waals surface area contributed by atoms with E-state index >= 15 is 0 Å². The van der Waals surface area contributed by atoms with Crippen LogP contribution in [0.15, 0.2) is 58.7 Å². The average molecular weight is 1300 g/mol. The monoisotopic (exact) mass is 1300 g/mol. The minimum Gasteiger partial charge on any atom is -0.467 e. The van der Waals surface area contributed by atoms with Crippen LogP contribution in [0.25, 0.3) is 22.3 Å². The van der Waals surface area contributed by atoms with Crippen LogP contribution in [0.4, 0.5) is 4.79 Å². The van der Waals surface area contributed by atoms with Gasteiger partial charge in [-0.1, -0.05) is 24.8 Å². The molecule has 92 heavy (non-hydrogen) atoms. The van der Waals surface area contributed by atoms with Gasteiger partial charge in [0.15, 0.2) is 23.2 Å². The summed E-state index contributed by atoms with van der Waals surface area (Å²) in [6.45, 7) is 7.92. The van der Waals surface area contributed by atoms with E-state index in [0.717, 1.165) is 11.8 Å². The Morgan fingerprint density at radius 3 is 2.30 bits per heavy atom. The first kappa shape index (κ1) is 67.6. The van der Waals surface area contributed by atoms with Crippen LogP contribution in [-0.4, -0.2) is 178 Å². The fraction of sp³-hybridized carbons (Fsp3) is 0.492. The van der Waals surface area contributed by atoms with Gasteiger partial charge >= 0.3 is 24.0 Å². The predicted octanol–water partition coefficient (Wildman–Crippen LogP) is 3.70. The molecule has 4 aliphatic rings. The van der Waals surface area contributed by atoms with Crippen molar-refractivity contribution in [2.45, 2.75) is 128 Å². The van der Waals surface area contributed by atoms with Crippen molar-refractivity contribution in [2.24, 2.45) is 0 Å². The molecule has 492 valence electrons. The molecule has 0 saturated carbocycles. The molecule has 3 amide bonds. The lowest BCUT2D eigenvalue weighted by atomic mass is 9.86. The third-order valence-electron chi connectivity index (χ3n) is 15.5. The number of amides is 3. The molecule has 0 spiro atoms. The zero-order chi connectivity index (χ0) is 65.7. The number of hydrogen-bond acceptors (Lipinski definition) is 24. The van der Waals surface area contributed by atoms with Gasteiger partial charge in [-0.15, -0.1) is 0 Å². The number of carbonyl (C=O) groups excluding carboxylic acids is 6. The number of carbonyl (C=O) groups is 6. The van der Waals surface area contributed by atoms with Gasteiger partial charge in [0.2, 0.25) is 34.0 Å². The second kappa shape index (κ2) is 30.6. The molecule has 2 aromatic carbocycles. The van der Waals surface area contributed by atoms with E-state index in [2.05, 4.69) is 32.4 Å². The number of benzene rings is 2. The topological polar surface area (TPSA) is 346 Å². The Hall–Kier alpha value is -8.79. The minimum absolute atomic E-state index is 0.00778. The van der Waals surface area contributed by atoms with Crippen molar-refractivity contribution >= 4 is 56.6 Å². The molecule has 0 radical (unpaired) electrons. The van der Waals surface area contributed by atoms with Gasteiger partial charge in [-0.2, -0.15) is 0 Å². The van der Waals surface area contributed by atoms with Crippen molar-refractivity contribution < 1.29 is 94.4 Å². The van der Waals surface area contributed by atoms with E-state index in [1.54, 1.807) is 34.6 Å². The molecule has 1 saturated heterocycles. The van der Waals surface area contributed by atoms with Crippen LogP contribution in [0.5, 0.6) is 17.2 Å². The number of nitrogens with zero attached hydrogens (tertiary/aromatic N) is 5. The predicted molar refractivity (Wildman–Crippen MR) is 323 cm³/mol. The van der Waals surface area contributed by atoms with Gasteiger partial charge in [0.05, 0.1) is 86.9 Å². The molecule has 0 unspecified atom stereocenters. The summed E-state index contributed by atoms with van der Waals surface area (Å²) in [5.41, 5.74) is 1.69. The van der Waals surface area contributed by atoms with Gasteiger partial charge in [0.1, 0.15) is 25.1 Å². The van der Waals surface area contributed by atoms with Crippen molar-refractivity contribution in [1.82, 2.24) is 35.1 Å². The first-order valence-corrected chi connectivity index (χ1v) is 31.9. The van der Waals surface area contributed by atoms with E-state index in [1.807, 2.05) is 19.9 Å². The highest BCUT2D eigenvalue weighted by atomic mass is 32.2. The number of sulfone groups is 1. The first-order valence-electron chi connectivity index (χ1n) is 30.0. The molecule has 1 fully saturated rings.